The highest BCUT2D eigenvalue weighted by Crippen LogP contribution is 2.20. The first-order chi connectivity index (χ1) is 9.56. The molecule has 0 saturated heterocycles. The molecule has 6 heteroatoms. The summed E-state index contributed by atoms with van der Waals surface area (Å²) >= 11 is 1.74. The monoisotopic (exact) mass is 310 g/mol. The van der Waals surface area contributed by atoms with E-state index < -0.39 is 10.0 Å². The summed E-state index contributed by atoms with van der Waals surface area (Å²) in [5.74, 6) is 0. The van der Waals surface area contributed by atoms with E-state index in [0.717, 1.165) is 18.7 Å². The Morgan fingerprint density at radius 3 is 2.45 bits per heavy atom. The third-order valence-electron chi connectivity index (χ3n) is 3.10. The van der Waals surface area contributed by atoms with Crippen LogP contribution >= 0.6 is 11.3 Å². The third kappa shape index (κ3) is 3.39. The van der Waals surface area contributed by atoms with Gasteiger partial charge in [0.1, 0.15) is 0 Å². The zero-order valence-electron chi connectivity index (χ0n) is 11.5. The van der Waals surface area contributed by atoms with Gasteiger partial charge in [-0.15, -0.1) is 11.3 Å². The second-order valence-corrected chi connectivity index (χ2v) is 7.20. The molecule has 2 N–H and O–H groups in total. The average Bonchev–Trinajstić information content (AvgIpc) is 2.93. The Morgan fingerprint density at radius 2 is 1.85 bits per heavy atom. The van der Waals surface area contributed by atoms with Gasteiger partial charge in [-0.25, -0.2) is 13.1 Å². The van der Waals surface area contributed by atoms with Crippen molar-refractivity contribution in [3.8, 4) is 0 Å². The second kappa shape index (κ2) is 6.39. The number of rotatable bonds is 6. The average molecular weight is 310 g/mol. The summed E-state index contributed by atoms with van der Waals surface area (Å²) in [7, 11) is -1.95. The molecule has 0 unspecified atom stereocenters. The van der Waals surface area contributed by atoms with Gasteiger partial charge in [0.15, 0.2) is 0 Å². The molecule has 0 aliphatic rings. The van der Waals surface area contributed by atoms with Crippen LogP contribution in [0.25, 0.3) is 0 Å². The van der Waals surface area contributed by atoms with E-state index in [1.54, 1.807) is 35.6 Å². The van der Waals surface area contributed by atoms with Gasteiger partial charge in [-0.2, -0.15) is 0 Å². The lowest BCUT2D eigenvalue weighted by Gasteiger charge is -2.08. The van der Waals surface area contributed by atoms with Crippen LogP contribution in [0.2, 0.25) is 0 Å². The molecule has 1 heterocycles. The molecule has 0 fully saturated rings. The Bertz CT molecular complexity index is 661. The summed E-state index contributed by atoms with van der Waals surface area (Å²) in [6, 6.07) is 8.91. The van der Waals surface area contributed by atoms with Crippen LogP contribution in [0, 0.1) is 0 Å². The van der Waals surface area contributed by atoms with E-state index in [4.69, 9.17) is 0 Å². The molecular formula is C14H18N2O2S2. The van der Waals surface area contributed by atoms with E-state index in [2.05, 4.69) is 28.4 Å². The lowest BCUT2D eigenvalue weighted by Crippen LogP contribution is -2.18. The van der Waals surface area contributed by atoms with Gasteiger partial charge < -0.3 is 5.32 Å². The number of hydrogen-bond donors (Lipinski definition) is 2. The SMILES string of the molecule is CCc1ccsc1CNc1ccc(S(=O)(=O)NC)cc1. The fourth-order valence-electron chi connectivity index (χ4n) is 1.89. The van der Waals surface area contributed by atoms with Crippen LogP contribution < -0.4 is 10.0 Å². The van der Waals surface area contributed by atoms with Gasteiger partial charge in [0.05, 0.1) is 4.90 Å². The maximum Gasteiger partial charge on any atom is 0.240 e. The van der Waals surface area contributed by atoms with E-state index in [0.29, 0.717) is 0 Å². The van der Waals surface area contributed by atoms with E-state index in [1.165, 1.54) is 17.5 Å². The van der Waals surface area contributed by atoms with Crippen LogP contribution in [0.5, 0.6) is 0 Å². The topological polar surface area (TPSA) is 58.2 Å². The zero-order chi connectivity index (χ0) is 14.6. The molecule has 0 spiro atoms. The van der Waals surface area contributed by atoms with Crippen molar-refractivity contribution in [3.63, 3.8) is 0 Å². The van der Waals surface area contributed by atoms with Crippen LogP contribution in [-0.4, -0.2) is 15.5 Å². The first-order valence-electron chi connectivity index (χ1n) is 6.39. The summed E-state index contributed by atoms with van der Waals surface area (Å²) < 4.78 is 25.5. The lowest BCUT2D eigenvalue weighted by molar-refractivity contribution is 0.588. The summed E-state index contributed by atoms with van der Waals surface area (Å²) in [6.45, 7) is 2.90. The molecule has 0 aliphatic carbocycles. The van der Waals surface area contributed by atoms with Crippen molar-refractivity contribution in [2.24, 2.45) is 0 Å². The van der Waals surface area contributed by atoms with Crippen LogP contribution in [0.1, 0.15) is 17.4 Å². The largest absolute Gasteiger partial charge is 0.380 e. The Balaban J connectivity index is 2.05. The summed E-state index contributed by atoms with van der Waals surface area (Å²) in [6.07, 6.45) is 1.03. The molecule has 0 amide bonds. The van der Waals surface area contributed by atoms with Crippen LogP contribution in [0.4, 0.5) is 5.69 Å². The van der Waals surface area contributed by atoms with Crippen molar-refractivity contribution in [1.82, 2.24) is 4.72 Å². The Morgan fingerprint density at radius 1 is 1.15 bits per heavy atom. The van der Waals surface area contributed by atoms with Gasteiger partial charge in [-0.3, -0.25) is 0 Å². The fourth-order valence-corrected chi connectivity index (χ4v) is 3.54. The zero-order valence-corrected chi connectivity index (χ0v) is 13.1. The highest BCUT2D eigenvalue weighted by atomic mass is 32.2. The van der Waals surface area contributed by atoms with Gasteiger partial charge in [0, 0.05) is 17.1 Å². The van der Waals surface area contributed by atoms with Gasteiger partial charge in [0.2, 0.25) is 10.0 Å². The van der Waals surface area contributed by atoms with Gasteiger partial charge >= 0.3 is 0 Å². The Labute approximate surface area is 123 Å². The number of hydrogen-bond acceptors (Lipinski definition) is 4. The van der Waals surface area contributed by atoms with Crippen molar-refractivity contribution in [2.75, 3.05) is 12.4 Å². The fraction of sp³-hybridized carbons (Fsp3) is 0.286. The third-order valence-corrected chi connectivity index (χ3v) is 5.50. The van der Waals surface area contributed by atoms with Crippen LogP contribution in [-0.2, 0) is 23.0 Å². The quantitative estimate of drug-likeness (QED) is 0.862. The molecule has 0 atom stereocenters. The van der Waals surface area contributed by atoms with Gasteiger partial charge in [-0.05, 0) is 54.7 Å². The normalized spacial score (nSPS) is 11.5. The molecule has 2 rings (SSSR count). The molecule has 108 valence electrons. The lowest BCUT2D eigenvalue weighted by atomic mass is 10.2. The van der Waals surface area contributed by atoms with E-state index in [1.807, 2.05) is 0 Å². The number of sulfonamides is 1. The van der Waals surface area contributed by atoms with Gasteiger partial charge in [0.25, 0.3) is 0 Å². The van der Waals surface area contributed by atoms with E-state index in [-0.39, 0.29) is 4.90 Å². The number of nitrogens with one attached hydrogen (secondary N) is 2. The van der Waals surface area contributed by atoms with Crippen LogP contribution in [0.15, 0.2) is 40.6 Å². The summed E-state index contributed by atoms with van der Waals surface area (Å²) in [4.78, 5) is 1.59. The number of thiophene rings is 1. The maximum atomic E-state index is 11.6. The molecular weight excluding hydrogens is 292 g/mol. The molecule has 4 nitrogen and oxygen atoms in total. The van der Waals surface area contributed by atoms with Gasteiger partial charge in [-0.1, -0.05) is 6.92 Å². The minimum atomic E-state index is -3.36. The molecule has 0 saturated carbocycles. The molecule has 1 aromatic carbocycles. The minimum absolute atomic E-state index is 0.274. The number of benzene rings is 1. The molecule has 0 radical (unpaired) electrons. The molecule has 0 bridgehead atoms. The Hall–Kier alpha value is -1.37. The highest BCUT2D eigenvalue weighted by molar-refractivity contribution is 7.89. The first kappa shape index (κ1) is 15.0. The number of anilines is 1. The van der Waals surface area contributed by atoms with Crippen LogP contribution in [0.3, 0.4) is 0 Å². The molecule has 1 aromatic heterocycles. The van der Waals surface area contributed by atoms with Crippen molar-refractivity contribution in [3.05, 3.63) is 46.2 Å². The maximum absolute atomic E-state index is 11.6. The predicted octanol–water partition coefficient (Wildman–Crippen LogP) is 2.83. The number of aryl methyl sites for hydroxylation is 1. The molecule has 2 aromatic rings. The van der Waals surface area contributed by atoms with Crippen molar-refractivity contribution in [2.45, 2.75) is 24.8 Å². The predicted molar refractivity (Wildman–Crippen MR) is 83.7 cm³/mol. The standard InChI is InChI=1S/C14H18N2O2S2/c1-3-11-8-9-19-14(11)10-16-12-4-6-13(7-5-12)20(17,18)15-2/h4-9,15-16H,3,10H2,1-2H3. The summed E-state index contributed by atoms with van der Waals surface area (Å²) in [5, 5.41) is 5.41. The first-order valence-corrected chi connectivity index (χ1v) is 8.76. The van der Waals surface area contributed by atoms with Crippen molar-refractivity contribution >= 4 is 27.0 Å². The van der Waals surface area contributed by atoms with Crippen molar-refractivity contribution in [1.29, 1.82) is 0 Å². The van der Waals surface area contributed by atoms with E-state index in [9.17, 15) is 8.42 Å². The molecule has 20 heavy (non-hydrogen) atoms. The van der Waals surface area contributed by atoms with E-state index >= 15 is 0 Å². The smallest absolute Gasteiger partial charge is 0.240 e. The summed E-state index contributed by atoms with van der Waals surface area (Å²) in [5.41, 5.74) is 2.27. The Kier molecular flexibility index (Phi) is 4.80. The van der Waals surface area contributed by atoms with Crippen molar-refractivity contribution < 1.29 is 8.42 Å². The minimum Gasteiger partial charge on any atom is -0.380 e. The highest BCUT2D eigenvalue weighted by Gasteiger charge is 2.10. The second-order valence-electron chi connectivity index (χ2n) is 4.31. The molecule has 0 aliphatic heterocycles.